The van der Waals surface area contributed by atoms with Gasteiger partial charge in [0.2, 0.25) is 11.8 Å². The number of quaternary nitrogens is 1. The van der Waals surface area contributed by atoms with Crippen molar-refractivity contribution >= 4 is 40.1 Å². The Labute approximate surface area is 159 Å². The molecule has 1 aromatic rings. The first-order valence-electron chi connectivity index (χ1n) is 8.57. The Hall–Kier alpha value is -1.44. The van der Waals surface area contributed by atoms with E-state index in [4.69, 9.17) is 12.2 Å². The first-order chi connectivity index (χ1) is 12.0. The van der Waals surface area contributed by atoms with Gasteiger partial charge in [-0.05, 0) is 18.4 Å². The van der Waals surface area contributed by atoms with Gasteiger partial charge in [0.1, 0.15) is 10.9 Å². The molecule has 1 aliphatic heterocycles. The van der Waals surface area contributed by atoms with Crippen LogP contribution in [0.25, 0.3) is 0 Å². The Balaban J connectivity index is 1.69. The number of rotatable bonds is 9. The van der Waals surface area contributed by atoms with Crippen LogP contribution in [0, 0.1) is 0 Å². The Bertz CT molecular complexity index is 619. The molecule has 2 amide bonds. The molecule has 0 unspecified atom stereocenters. The summed E-state index contributed by atoms with van der Waals surface area (Å²) in [7, 11) is 4.23. The lowest BCUT2D eigenvalue weighted by molar-refractivity contribution is -0.872. The highest BCUT2D eigenvalue weighted by atomic mass is 32.2. The molecule has 7 heteroatoms. The lowest BCUT2D eigenvalue weighted by Gasteiger charge is -2.14. The maximum atomic E-state index is 12.0. The number of hydrogen-bond donors (Lipinski definition) is 2. The number of carbonyl (C=O) groups is 2. The van der Waals surface area contributed by atoms with E-state index in [-0.39, 0.29) is 11.8 Å². The number of benzene rings is 1. The van der Waals surface area contributed by atoms with Gasteiger partial charge in [0, 0.05) is 25.1 Å². The maximum Gasteiger partial charge on any atom is 0.238 e. The number of hydrogen-bond acceptors (Lipinski definition) is 4. The molecular weight excluding hydrogens is 354 g/mol. The van der Waals surface area contributed by atoms with E-state index in [0.717, 1.165) is 19.4 Å². The SMILES string of the molecule is C[NH+](C)Cc1ccccc1CNC(=O)CCCCN1C(=O)CSC1=S. The quantitative estimate of drug-likeness (QED) is 0.495. The van der Waals surface area contributed by atoms with Gasteiger partial charge < -0.3 is 10.2 Å². The molecule has 25 heavy (non-hydrogen) atoms. The molecule has 1 aliphatic rings. The first-order valence-corrected chi connectivity index (χ1v) is 9.96. The molecule has 0 aromatic heterocycles. The van der Waals surface area contributed by atoms with Crippen molar-refractivity contribution in [1.29, 1.82) is 0 Å². The third-order valence-electron chi connectivity index (χ3n) is 4.01. The second-order valence-electron chi connectivity index (χ2n) is 6.49. The lowest BCUT2D eigenvalue weighted by atomic mass is 10.1. The van der Waals surface area contributed by atoms with E-state index in [1.165, 1.54) is 27.8 Å². The van der Waals surface area contributed by atoms with Gasteiger partial charge in [-0.1, -0.05) is 48.2 Å². The number of nitrogens with one attached hydrogen (secondary N) is 2. The van der Waals surface area contributed by atoms with Crippen molar-refractivity contribution in [3.05, 3.63) is 35.4 Å². The molecule has 5 nitrogen and oxygen atoms in total. The van der Waals surface area contributed by atoms with E-state index in [1.807, 2.05) is 12.1 Å². The smallest absolute Gasteiger partial charge is 0.238 e. The molecule has 1 fully saturated rings. The summed E-state index contributed by atoms with van der Waals surface area (Å²) >= 11 is 6.56. The molecular formula is C18H26N3O2S2+. The zero-order valence-electron chi connectivity index (χ0n) is 14.8. The molecule has 2 N–H and O–H groups in total. The fraction of sp³-hybridized carbons (Fsp3) is 0.500. The van der Waals surface area contributed by atoms with E-state index >= 15 is 0 Å². The fourth-order valence-corrected chi connectivity index (χ4v) is 3.84. The van der Waals surface area contributed by atoms with E-state index in [2.05, 4.69) is 31.5 Å². The standard InChI is InChI=1S/C18H25N3O2S2/c1-20(2)12-15-8-4-3-7-14(15)11-19-16(22)9-5-6-10-21-17(23)13-25-18(21)24/h3-4,7-8H,5-6,9-13H2,1-2H3,(H,19,22)/p+1. The molecule has 0 atom stereocenters. The minimum atomic E-state index is 0.0525. The van der Waals surface area contributed by atoms with Gasteiger partial charge in [0.15, 0.2) is 0 Å². The minimum absolute atomic E-state index is 0.0525. The van der Waals surface area contributed by atoms with Crippen LogP contribution in [0.2, 0.25) is 0 Å². The van der Waals surface area contributed by atoms with Crippen LogP contribution in [0.1, 0.15) is 30.4 Å². The topological polar surface area (TPSA) is 53.9 Å². The van der Waals surface area contributed by atoms with E-state index < -0.39 is 0 Å². The zero-order chi connectivity index (χ0) is 18.2. The van der Waals surface area contributed by atoms with Crippen LogP contribution in [0.3, 0.4) is 0 Å². The molecule has 1 aromatic carbocycles. The third-order valence-corrected chi connectivity index (χ3v) is 5.45. The Morgan fingerprint density at radius 3 is 2.64 bits per heavy atom. The van der Waals surface area contributed by atoms with Crippen LogP contribution in [-0.4, -0.2) is 47.4 Å². The number of nitrogens with zero attached hydrogens (tertiary/aromatic N) is 1. The second kappa shape index (κ2) is 9.89. The molecule has 2 rings (SSSR count). The molecule has 0 bridgehead atoms. The van der Waals surface area contributed by atoms with Crippen LogP contribution < -0.4 is 10.2 Å². The highest BCUT2D eigenvalue weighted by Gasteiger charge is 2.25. The Kier molecular flexibility index (Phi) is 7.87. The minimum Gasteiger partial charge on any atom is -0.352 e. The molecule has 0 radical (unpaired) electrons. The van der Waals surface area contributed by atoms with Gasteiger partial charge in [-0.2, -0.15) is 0 Å². The van der Waals surface area contributed by atoms with Crippen LogP contribution >= 0.6 is 24.0 Å². The number of unbranched alkanes of at least 4 members (excludes halogenated alkanes) is 1. The van der Waals surface area contributed by atoms with E-state index in [1.54, 1.807) is 4.90 Å². The highest BCUT2D eigenvalue weighted by molar-refractivity contribution is 8.23. The predicted molar refractivity (Wildman–Crippen MR) is 105 cm³/mol. The Morgan fingerprint density at radius 1 is 1.28 bits per heavy atom. The van der Waals surface area contributed by atoms with Crippen LogP contribution in [-0.2, 0) is 22.7 Å². The number of amides is 2. The van der Waals surface area contributed by atoms with Gasteiger partial charge in [-0.25, -0.2) is 0 Å². The summed E-state index contributed by atoms with van der Waals surface area (Å²) in [6.45, 7) is 2.12. The molecule has 1 heterocycles. The van der Waals surface area contributed by atoms with Crippen LogP contribution in [0.15, 0.2) is 24.3 Å². The van der Waals surface area contributed by atoms with E-state index in [0.29, 0.717) is 29.6 Å². The maximum absolute atomic E-state index is 12.0. The fourth-order valence-electron chi connectivity index (χ4n) is 2.72. The van der Waals surface area contributed by atoms with Crippen molar-refractivity contribution in [3.8, 4) is 0 Å². The second-order valence-corrected chi connectivity index (χ2v) is 8.10. The predicted octanol–water partition coefficient (Wildman–Crippen LogP) is 0.978. The van der Waals surface area contributed by atoms with Crippen molar-refractivity contribution < 1.29 is 14.5 Å². The Morgan fingerprint density at radius 2 is 2.00 bits per heavy atom. The summed E-state index contributed by atoms with van der Waals surface area (Å²) in [5.74, 6) is 0.587. The molecule has 0 spiro atoms. The normalized spacial score (nSPS) is 14.4. The van der Waals surface area contributed by atoms with Crippen molar-refractivity contribution in [2.45, 2.75) is 32.4 Å². The largest absolute Gasteiger partial charge is 0.352 e. The number of thioether (sulfide) groups is 1. The third kappa shape index (κ3) is 6.41. The summed E-state index contributed by atoms with van der Waals surface area (Å²) in [6, 6.07) is 8.22. The van der Waals surface area contributed by atoms with Gasteiger partial charge in [-0.15, -0.1) is 0 Å². The summed E-state index contributed by atoms with van der Waals surface area (Å²) in [6.07, 6.45) is 2.02. The average molecular weight is 381 g/mol. The van der Waals surface area contributed by atoms with Gasteiger partial charge in [-0.3, -0.25) is 14.5 Å². The van der Waals surface area contributed by atoms with Crippen molar-refractivity contribution in [2.75, 3.05) is 26.4 Å². The van der Waals surface area contributed by atoms with Crippen LogP contribution in [0.5, 0.6) is 0 Å². The average Bonchev–Trinajstić information content (AvgIpc) is 2.89. The van der Waals surface area contributed by atoms with Crippen molar-refractivity contribution in [1.82, 2.24) is 10.2 Å². The van der Waals surface area contributed by atoms with Crippen molar-refractivity contribution in [3.63, 3.8) is 0 Å². The summed E-state index contributed by atoms with van der Waals surface area (Å²) in [4.78, 5) is 26.7. The molecule has 0 aliphatic carbocycles. The monoisotopic (exact) mass is 380 g/mol. The van der Waals surface area contributed by atoms with Gasteiger partial charge >= 0.3 is 0 Å². The van der Waals surface area contributed by atoms with Gasteiger partial charge in [0.05, 0.1) is 19.8 Å². The lowest BCUT2D eigenvalue weighted by Crippen LogP contribution is -3.04. The number of carbonyl (C=O) groups excluding carboxylic acids is 2. The van der Waals surface area contributed by atoms with Crippen molar-refractivity contribution in [2.24, 2.45) is 0 Å². The summed E-state index contributed by atoms with van der Waals surface area (Å²) in [5, 5.41) is 3.00. The summed E-state index contributed by atoms with van der Waals surface area (Å²) < 4.78 is 0.661. The zero-order valence-corrected chi connectivity index (χ0v) is 16.5. The van der Waals surface area contributed by atoms with Crippen LogP contribution in [0.4, 0.5) is 0 Å². The molecule has 0 saturated carbocycles. The molecule has 136 valence electrons. The number of thiocarbonyl (C=S) groups is 1. The molecule has 1 saturated heterocycles. The van der Waals surface area contributed by atoms with Gasteiger partial charge in [0.25, 0.3) is 0 Å². The first kappa shape index (κ1) is 19.9. The van der Waals surface area contributed by atoms with E-state index in [9.17, 15) is 9.59 Å². The highest BCUT2D eigenvalue weighted by Crippen LogP contribution is 2.19. The summed E-state index contributed by atoms with van der Waals surface area (Å²) in [5.41, 5.74) is 2.43.